The van der Waals surface area contributed by atoms with Crippen molar-refractivity contribution in [2.75, 3.05) is 7.05 Å². The number of aromatic nitrogens is 1. The van der Waals surface area contributed by atoms with Gasteiger partial charge in [0.25, 0.3) is 0 Å². The van der Waals surface area contributed by atoms with Gasteiger partial charge in [0.15, 0.2) is 0 Å². The first-order valence-electron chi connectivity index (χ1n) is 5.86. The van der Waals surface area contributed by atoms with Crippen LogP contribution in [0.4, 0.5) is 0 Å². The standard InChI is InChI=1S/C12H21N3OS/c1-5-8(2)11(13)12(16)15(4)6-10-9(3)14-7-17-10/h7-8,11H,5-6,13H2,1-4H3. The summed E-state index contributed by atoms with van der Waals surface area (Å²) in [7, 11) is 1.80. The summed E-state index contributed by atoms with van der Waals surface area (Å²) < 4.78 is 0. The number of thiazole rings is 1. The lowest BCUT2D eigenvalue weighted by atomic mass is 9.99. The van der Waals surface area contributed by atoms with Crippen LogP contribution < -0.4 is 5.73 Å². The minimum Gasteiger partial charge on any atom is -0.339 e. The summed E-state index contributed by atoms with van der Waals surface area (Å²) in [4.78, 5) is 19.1. The van der Waals surface area contributed by atoms with E-state index in [2.05, 4.69) is 4.98 Å². The van der Waals surface area contributed by atoms with E-state index >= 15 is 0 Å². The maximum absolute atomic E-state index is 12.1. The van der Waals surface area contributed by atoms with E-state index in [1.165, 1.54) is 0 Å². The molecule has 2 unspecified atom stereocenters. The molecule has 0 aromatic carbocycles. The molecule has 0 fully saturated rings. The van der Waals surface area contributed by atoms with Crippen molar-refractivity contribution >= 4 is 17.2 Å². The molecule has 4 nitrogen and oxygen atoms in total. The summed E-state index contributed by atoms with van der Waals surface area (Å²) in [5.41, 5.74) is 8.73. The minimum atomic E-state index is -0.404. The van der Waals surface area contributed by atoms with Gasteiger partial charge in [0.2, 0.25) is 5.91 Å². The van der Waals surface area contributed by atoms with Gasteiger partial charge >= 0.3 is 0 Å². The van der Waals surface area contributed by atoms with Gasteiger partial charge in [-0.1, -0.05) is 20.3 Å². The molecule has 1 aromatic heterocycles. The average molecular weight is 255 g/mol. The van der Waals surface area contributed by atoms with Gasteiger partial charge < -0.3 is 10.6 Å². The Bertz CT molecular complexity index is 378. The topological polar surface area (TPSA) is 59.2 Å². The van der Waals surface area contributed by atoms with Crippen LogP contribution in [0.1, 0.15) is 30.8 Å². The number of hydrogen-bond acceptors (Lipinski definition) is 4. The van der Waals surface area contributed by atoms with Crippen LogP contribution >= 0.6 is 11.3 Å². The van der Waals surface area contributed by atoms with Gasteiger partial charge in [-0.3, -0.25) is 4.79 Å². The Labute approximate surface area is 107 Å². The molecule has 1 amide bonds. The number of aryl methyl sites for hydroxylation is 1. The molecule has 0 radical (unpaired) electrons. The van der Waals surface area contributed by atoms with E-state index in [1.54, 1.807) is 28.8 Å². The van der Waals surface area contributed by atoms with Gasteiger partial charge in [0.05, 0.1) is 23.8 Å². The average Bonchev–Trinajstić information content (AvgIpc) is 2.72. The Hall–Kier alpha value is -0.940. The molecular formula is C12H21N3OS. The first kappa shape index (κ1) is 14.1. The zero-order valence-electron chi connectivity index (χ0n) is 10.9. The van der Waals surface area contributed by atoms with E-state index in [9.17, 15) is 4.79 Å². The monoisotopic (exact) mass is 255 g/mol. The van der Waals surface area contributed by atoms with E-state index in [1.807, 2.05) is 20.8 Å². The molecule has 2 N–H and O–H groups in total. The number of rotatable bonds is 5. The number of likely N-dealkylation sites (N-methyl/N-ethyl adjacent to an activating group) is 1. The number of carbonyl (C=O) groups is 1. The van der Waals surface area contributed by atoms with E-state index in [4.69, 9.17) is 5.73 Å². The van der Waals surface area contributed by atoms with Gasteiger partial charge in [-0.15, -0.1) is 11.3 Å². The number of hydrogen-bond donors (Lipinski definition) is 1. The highest BCUT2D eigenvalue weighted by atomic mass is 32.1. The van der Waals surface area contributed by atoms with Crippen molar-refractivity contribution in [2.45, 2.75) is 39.8 Å². The third kappa shape index (κ3) is 3.51. The van der Waals surface area contributed by atoms with Crippen LogP contribution in [0.2, 0.25) is 0 Å². The van der Waals surface area contributed by atoms with Gasteiger partial charge in [-0.05, 0) is 12.8 Å². The van der Waals surface area contributed by atoms with Gasteiger partial charge in [0, 0.05) is 11.9 Å². The molecule has 1 heterocycles. The predicted octanol–water partition coefficient (Wildman–Crippen LogP) is 1.78. The van der Waals surface area contributed by atoms with Crippen molar-refractivity contribution in [1.29, 1.82) is 0 Å². The predicted molar refractivity (Wildman–Crippen MR) is 70.8 cm³/mol. The van der Waals surface area contributed by atoms with Crippen LogP contribution in [-0.2, 0) is 11.3 Å². The normalized spacial score (nSPS) is 14.4. The minimum absolute atomic E-state index is 0.00662. The lowest BCUT2D eigenvalue weighted by Crippen LogP contribution is -2.45. The third-order valence-electron chi connectivity index (χ3n) is 3.14. The van der Waals surface area contributed by atoms with Crippen LogP contribution in [0.3, 0.4) is 0 Å². The molecule has 0 saturated carbocycles. The fourth-order valence-electron chi connectivity index (χ4n) is 1.52. The zero-order valence-corrected chi connectivity index (χ0v) is 11.8. The first-order valence-corrected chi connectivity index (χ1v) is 6.74. The Morgan fingerprint density at radius 1 is 1.65 bits per heavy atom. The summed E-state index contributed by atoms with van der Waals surface area (Å²) >= 11 is 1.58. The second kappa shape index (κ2) is 6.12. The van der Waals surface area contributed by atoms with Crippen LogP contribution in [0.15, 0.2) is 5.51 Å². The Morgan fingerprint density at radius 2 is 2.29 bits per heavy atom. The van der Waals surface area contributed by atoms with Crippen LogP contribution in [0.5, 0.6) is 0 Å². The molecule has 0 aliphatic carbocycles. The highest BCUT2D eigenvalue weighted by Crippen LogP contribution is 2.15. The van der Waals surface area contributed by atoms with E-state index in [-0.39, 0.29) is 11.8 Å². The van der Waals surface area contributed by atoms with Crippen molar-refractivity contribution in [3.63, 3.8) is 0 Å². The largest absolute Gasteiger partial charge is 0.339 e. The van der Waals surface area contributed by atoms with Gasteiger partial charge in [-0.2, -0.15) is 0 Å². The lowest BCUT2D eigenvalue weighted by Gasteiger charge is -2.24. The summed E-state index contributed by atoms with van der Waals surface area (Å²) in [6.07, 6.45) is 0.917. The Kier molecular flexibility index (Phi) is 5.08. The number of carbonyl (C=O) groups excluding carboxylic acids is 1. The molecule has 17 heavy (non-hydrogen) atoms. The van der Waals surface area contributed by atoms with Crippen LogP contribution in [0.25, 0.3) is 0 Å². The Morgan fingerprint density at radius 3 is 2.76 bits per heavy atom. The van der Waals surface area contributed by atoms with E-state index in [0.29, 0.717) is 6.54 Å². The summed E-state index contributed by atoms with van der Waals surface area (Å²) in [6.45, 7) is 6.61. The summed E-state index contributed by atoms with van der Waals surface area (Å²) in [5, 5.41) is 0. The Balaban J connectivity index is 2.61. The fourth-order valence-corrected chi connectivity index (χ4v) is 2.35. The third-order valence-corrected chi connectivity index (χ3v) is 4.06. The molecule has 0 aliphatic heterocycles. The van der Waals surface area contributed by atoms with E-state index < -0.39 is 6.04 Å². The quantitative estimate of drug-likeness (QED) is 0.872. The fraction of sp³-hybridized carbons (Fsp3) is 0.667. The van der Waals surface area contributed by atoms with Gasteiger partial charge in [0.1, 0.15) is 0 Å². The number of nitrogens with two attached hydrogens (primary N) is 1. The molecule has 96 valence electrons. The second-order valence-electron chi connectivity index (χ2n) is 4.47. The van der Waals surface area contributed by atoms with Crippen molar-refractivity contribution < 1.29 is 4.79 Å². The van der Waals surface area contributed by atoms with Crippen molar-refractivity contribution in [3.05, 3.63) is 16.1 Å². The maximum atomic E-state index is 12.1. The van der Waals surface area contributed by atoms with Crippen LogP contribution in [0, 0.1) is 12.8 Å². The summed E-state index contributed by atoms with van der Waals surface area (Å²) in [6, 6.07) is -0.404. The molecule has 0 spiro atoms. The molecule has 2 atom stereocenters. The smallest absolute Gasteiger partial charge is 0.239 e. The highest BCUT2D eigenvalue weighted by molar-refractivity contribution is 7.09. The molecule has 0 saturated heterocycles. The van der Waals surface area contributed by atoms with Crippen LogP contribution in [-0.4, -0.2) is 28.9 Å². The molecule has 0 bridgehead atoms. The lowest BCUT2D eigenvalue weighted by molar-refractivity contribution is -0.132. The number of nitrogens with zero attached hydrogens (tertiary/aromatic N) is 2. The molecular weight excluding hydrogens is 234 g/mol. The van der Waals surface area contributed by atoms with Crippen molar-refractivity contribution in [2.24, 2.45) is 11.7 Å². The first-order chi connectivity index (χ1) is 7.97. The van der Waals surface area contributed by atoms with Crippen molar-refractivity contribution in [1.82, 2.24) is 9.88 Å². The second-order valence-corrected chi connectivity index (χ2v) is 5.41. The maximum Gasteiger partial charge on any atom is 0.239 e. The highest BCUT2D eigenvalue weighted by Gasteiger charge is 2.23. The van der Waals surface area contributed by atoms with Gasteiger partial charge in [-0.25, -0.2) is 4.98 Å². The molecule has 0 aliphatic rings. The molecule has 1 aromatic rings. The number of amides is 1. The van der Waals surface area contributed by atoms with Crippen molar-refractivity contribution in [3.8, 4) is 0 Å². The molecule has 5 heteroatoms. The SMILES string of the molecule is CCC(C)C(N)C(=O)N(C)Cc1scnc1C. The molecule has 1 rings (SSSR count). The zero-order chi connectivity index (χ0) is 13.0. The summed E-state index contributed by atoms with van der Waals surface area (Å²) in [5.74, 6) is 0.222. The van der Waals surface area contributed by atoms with E-state index in [0.717, 1.165) is 17.0 Å².